The third-order valence-electron chi connectivity index (χ3n) is 3.81. The average molecular weight is 363 g/mol. The summed E-state index contributed by atoms with van der Waals surface area (Å²) in [4.78, 5) is 12.3. The fourth-order valence-electron chi connectivity index (χ4n) is 2.41. The highest BCUT2D eigenvalue weighted by Crippen LogP contribution is 2.25. The summed E-state index contributed by atoms with van der Waals surface area (Å²) in [5.41, 5.74) is 4.64. The van der Waals surface area contributed by atoms with E-state index in [2.05, 4.69) is 10.6 Å². The molecule has 0 aromatic heterocycles. The van der Waals surface area contributed by atoms with Crippen LogP contribution in [-0.2, 0) is 4.79 Å². The fraction of sp³-hybridized carbons (Fsp3) is 0.0455. The summed E-state index contributed by atoms with van der Waals surface area (Å²) in [6, 6.07) is 23.0. The smallest absolute Gasteiger partial charge is 0.248 e. The SMILES string of the molecule is Cc1ccc(Nc2ccccc2NC(=O)/C=C/c2ccc(Cl)cc2)cc1. The highest BCUT2D eigenvalue weighted by Gasteiger charge is 2.05. The maximum absolute atomic E-state index is 12.3. The van der Waals surface area contributed by atoms with Gasteiger partial charge in [-0.3, -0.25) is 4.79 Å². The molecule has 0 spiro atoms. The van der Waals surface area contributed by atoms with Crippen LogP contribution in [0.1, 0.15) is 11.1 Å². The molecular weight excluding hydrogens is 344 g/mol. The van der Waals surface area contributed by atoms with Crippen molar-refractivity contribution in [3.63, 3.8) is 0 Å². The van der Waals surface area contributed by atoms with Gasteiger partial charge in [0.1, 0.15) is 0 Å². The number of hydrogen-bond donors (Lipinski definition) is 2. The minimum atomic E-state index is -0.196. The van der Waals surface area contributed by atoms with Crippen molar-refractivity contribution in [2.75, 3.05) is 10.6 Å². The van der Waals surface area contributed by atoms with Gasteiger partial charge < -0.3 is 10.6 Å². The van der Waals surface area contributed by atoms with E-state index < -0.39 is 0 Å². The average Bonchev–Trinajstić information content (AvgIpc) is 2.65. The van der Waals surface area contributed by atoms with Crippen LogP contribution < -0.4 is 10.6 Å². The van der Waals surface area contributed by atoms with Gasteiger partial charge in [0.05, 0.1) is 11.4 Å². The summed E-state index contributed by atoms with van der Waals surface area (Å²) in [6.07, 6.45) is 3.26. The molecule has 0 fully saturated rings. The molecular formula is C22H19ClN2O. The monoisotopic (exact) mass is 362 g/mol. The predicted octanol–water partition coefficient (Wildman–Crippen LogP) is 6.04. The van der Waals surface area contributed by atoms with Crippen LogP contribution in [0.5, 0.6) is 0 Å². The molecule has 3 aromatic rings. The Hall–Kier alpha value is -3.04. The first-order chi connectivity index (χ1) is 12.6. The highest BCUT2D eigenvalue weighted by molar-refractivity contribution is 6.30. The number of halogens is 1. The van der Waals surface area contributed by atoms with Gasteiger partial charge in [-0.2, -0.15) is 0 Å². The Morgan fingerprint density at radius 3 is 2.23 bits per heavy atom. The third kappa shape index (κ3) is 4.98. The standard InChI is InChI=1S/C22H19ClN2O/c1-16-6-13-19(14-7-16)24-20-4-2-3-5-21(20)25-22(26)15-10-17-8-11-18(23)12-9-17/h2-15,24H,1H3,(H,25,26)/b15-10+. The molecule has 0 bridgehead atoms. The fourth-order valence-corrected chi connectivity index (χ4v) is 2.54. The van der Waals surface area contributed by atoms with Crippen molar-refractivity contribution in [2.45, 2.75) is 6.92 Å². The molecule has 0 aliphatic carbocycles. The van der Waals surface area contributed by atoms with E-state index in [-0.39, 0.29) is 5.91 Å². The number of aryl methyl sites for hydroxylation is 1. The third-order valence-corrected chi connectivity index (χ3v) is 4.06. The van der Waals surface area contributed by atoms with Crippen molar-refractivity contribution >= 4 is 40.6 Å². The van der Waals surface area contributed by atoms with Crippen LogP contribution >= 0.6 is 11.6 Å². The van der Waals surface area contributed by atoms with E-state index in [0.717, 1.165) is 22.6 Å². The van der Waals surface area contributed by atoms with Gasteiger partial charge in [0.25, 0.3) is 0 Å². The van der Waals surface area contributed by atoms with Gasteiger partial charge in [0.2, 0.25) is 5.91 Å². The minimum absolute atomic E-state index is 0.196. The zero-order valence-electron chi connectivity index (χ0n) is 14.4. The number of carbonyl (C=O) groups is 1. The Labute approximate surface area is 158 Å². The molecule has 0 unspecified atom stereocenters. The van der Waals surface area contributed by atoms with E-state index in [4.69, 9.17) is 11.6 Å². The molecule has 1 amide bonds. The number of hydrogen-bond acceptors (Lipinski definition) is 2. The van der Waals surface area contributed by atoms with Gasteiger partial charge in [-0.25, -0.2) is 0 Å². The molecule has 26 heavy (non-hydrogen) atoms. The van der Waals surface area contributed by atoms with Gasteiger partial charge >= 0.3 is 0 Å². The molecule has 2 N–H and O–H groups in total. The number of anilines is 3. The molecule has 0 aliphatic heterocycles. The number of benzene rings is 3. The van der Waals surface area contributed by atoms with E-state index in [1.807, 2.05) is 67.6 Å². The molecule has 0 heterocycles. The molecule has 3 aromatic carbocycles. The molecule has 130 valence electrons. The lowest BCUT2D eigenvalue weighted by Crippen LogP contribution is -2.09. The van der Waals surface area contributed by atoms with Crippen molar-refractivity contribution in [1.82, 2.24) is 0 Å². The first-order valence-electron chi connectivity index (χ1n) is 8.27. The number of para-hydroxylation sites is 2. The summed E-state index contributed by atoms with van der Waals surface area (Å²) in [7, 11) is 0. The van der Waals surface area contributed by atoms with Crippen molar-refractivity contribution in [3.05, 3.63) is 95.0 Å². The first-order valence-corrected chi connectivity index (χ1v) is 8.65. The van der Waals surface area contributed by atoms with Gasteiger partial charge in [0.15, 0.2) is 0 Å². The second kappa shape index (κ2) is 8.37. The summed E-state index contributed by atoms with van der Waals surface area (Å²) in [5, 5.41) is 6.91. The Morgan fingerprint density at radius 2 is 1.54 bits per heavy atom. The van der Waals surface area contributed by atoms with Crippen LogP contribution in [-0.4, -0.2) is 5.91 Å². The summed E-state index contributed by atoms with van der Waals surface area (Å²) < 4.78 is 0. The Balaban J connectivity index is 1.70. The Morgan fingerprint density at radius 1 is 0.885 bits per heavy atom. The van der Waals surface area contributed by atoms with E-state index in [0.29, 0.717) is 5.02 Å². The van der Waals surface area contributed by atoms with E-state index >= 15 is 0 Å². The maximum Gasteiger partial charge on any atom is 0.248 e. The lowest BCUT2D eigenvalue weighted by molar-refractivity contribution is -0.111. The minimum Gasteiger partial charge on any atom is -0.354 e. The number of nitrogens with one attached hydrogen (secondary N) is 2. The van der Waals surface area contributed by atoms with Crippen molar-refractivity contribution < 1.29 is 4.79 Å². The van der Waals surface area contributed by atoms with Crippen molar-refractivity contribution in [3.8, 4) is 0 Å². The lowest BCUT2D eigenvalue weighted by atomic mass is 10.2. The molecule has 0 saturated carbocycles. The summed E-state index contributed by atoms with van der Waals surface area (Å²) in [6.45, 7) is 2.05. The topological polar surface area (TPSA) is 41.1 Å². The summed E-state index contributed by atoms with van der Waals surface area (Å²) in [5.74, 6) is -0.196. The van der Waals surface area contributed by atoms with Crippen LogP contribution in [0.15, 0.2) is 78.9 Å². The normalized spacial score (nSPS) is 10.7. The number of carbonyl (C=O) groups excluding carboxylic acids is 1. The van der Waals surface area contributed by atoms with Crippen LogP contribution in [0, 0.1) is 6.92 Å². The Kier molecular flexibility index (Phi) is 5.72. The molecule has 0 radical (unpaired) electrons. The van der Waals surface area contributed by atoms with Gasteiger partial charge in [-0.15, -0.1) is 0 Å². The number of rotatable bonds is 5. The molecule has 0 aliphatic rings. The molecule has 3 rings (SSSR count). The van der Waals surface area contributed by atoms with Gasteiger partial charge in [-0.05, 0) is 55.0 Å². The molecule has 0 atom stereocenters. The zero-order valence-corrected chi connectivity index (χ0v) is 15.1. The van der Waals surface area contributed by atoms with Gasteiger partial charge in [-0.1, -0.05) is 53.6 Å². The molecule has 0 saturated heterocycles. The van der Waals surface area contributed by atoms with Crippen molar-refractivity contribution in [1.29, 1.82) is 0 Å². The van der Waals surface area contributed by atoms with Gasteiger partial charge in [0, 0.05) is 16.8 Å². The Bertz CT molecular complexity index is 916. The first kappa shape index (κ1) is 17.8. The second-order valence-corrected chi connectivity index (χ2v) is 6.35. The number of amides is 1. The quantitative estimate of drug-likeness (QED) is 0.543. The van der Waals surface area contributed by atoms with Crippen LogP contribution in [0.3, 0.4) is 0 Å². The maximum atomic E-state index is 12.3. The largest absolute Gasteiger partial charge is 0.354 e. The summed E-state index contributed by atoms with van der Waals surface area (Å²) >= 11 is 5.86. The second-order valence-electron chi connectivity index (χ2n) is 5.91. The molecule has 3 nitrogen and oxygen atoms in total. The van der Waals surface area contributed by atoms with Crippen molar-refractivity contribution in [2.24, 2.45) is 0 Å². The highest BCUT2D eigenvalue weighted by atomic mass is 35.5. The van der Waals surface area contributed by atoms with Crippen LogP contribution in [0.4, 0.5) is 17.1 Å². The van der Waals surface area contributed by atoms with Crippen LogP contribution in [0.2, 0.25) is 5.02 Å². The molecule has 4 heteroatoms. The predicted molar refractivity (Wildman–Crippen MR) is 110 cm³/mol. The van der Waals surface area contributed by atoms with E-state index in [1.54, 1.807) is 18.2 Å². The van der Waals surface area contributed by atoms with E-state index in [1.165, 1.54) is 11.6 Å². The van der Waals surface area contributed by atoms with E-state index in [9.17, 15) is 4.79 Å². The zero-order chi connectivity index (χ0) is 18.4. The van der Waals surface area contributed by atoms with Crippen LogP contribution in [0.25, 0.3) is 6.08 Å². The lowest BCUT2D eigenvalue weighted by Gasteiger charge is -2.12.